The Morgan fingerprint density at radius 3 is 2.44 bits per heavy atom. The Morgan fingerprint density at radius 1 is 1.31 bits per heavy atom. The Bertz CT molecular complexity index is 399. The average Bonchev–Trinajstić information content (AvgIpc) is 2.95. The van der Waals surface area contributed by atoms with Crippen molar-refractivity contribution < 1.29 is 17.6 Å². The van der Waals surface area contributed by atoms with Gasteiger partial charge in [-0.25, -0.2) is 4.39 Å². The highest BCUT2D eigenvalue weighted by Crippen LogP contribution is 2.48. The Hall–Kier alpha value is -1.10. The van der Waals surface area contributed by atoms with E-state index in [1.165, 1.54) is 6.07 Å². The lowest BCUT2D eigenvalue weighted by Gasteiger charge is -2.08. The molecule has 0 heterocycles. The molecule has 0 amide bonds. The fourth-order valence-corrected chi connectivity index (χ4v) is 1.89. The molecule has 2 N–H and O–H groups in total. The number of benzene rings is 1. The maximum Gasteiger partial charge on any atom is 0.416 e. The van der Waals surface area contributed by atoms with Gasteiger partial charge in [0.25, 0.3) is 0 Å². The van der Waals surface area contributed by atoms with E-state index in [-0.39, 0.29) is 11.8 Å². The van der Waals surface area contributed by atoms with Crippen molar-refractivity contribution in [1.29, 1.82) is 0 Å². The maximum atomic E-state index is 13.4. The lowest BCUT2D eigenvalue weighted by atomic mass is 10.1. The van der Waals surface area contributed by atoms with Gasteiger partial charge in [0.2, 0.25) is 0 Å². The van der Waals surface area contributed by atoms with Crippen LogP contribution in [0.25, 0.3) is 0 Å². The summed E-state index contributed by atoms with van der Waals surface area (Å²) < 4.78 is 50.3. The first kappa shape index (κ1) is 11.4. The summed E-state index contributed by atoms with van der Waals surface area (Å²) in [6, 6.07) is 2.70. The van der Waals surface area contributed by atoms with Crippen LogP contribution in [-0.4, -0.2) is 6.54 Å². The van der Waals surface area contributed by atoms with Crippen molar-refractivity contribution in [2.75, 3.05) is 6.54 Å². The number of halogens is 4. The summed E-state index contributed by atoms with van der Waals surface area (Å²) in [6.07, 6.45) is -3.73. The molecule has 1 aromatic rings. The summed E-state index contributed by atoms with van der Waals surface area (Å²) in [5.41, 5.74) is 4.81. The van der Waals surface area contributed by atoms with Crippen LogP contribution in [0.4, 0.5) is 17.6 Å². The van der Waals surface area contributed by atoms with Gasteiger partial charge in [0, 0.05) is 0 Å². The Labute approximate surface area is 90.3 Å². The largest absolute Gasteiger partial charge is 0.416 e. The Balaban J connectivity index is 2.25. The number of rotatable bonds is 2. The van der Waals surface area contributed by atoms with Crippen molar-refractivity contribution in [3.05, 3.63) is 35.1 Å². The van der Waals surface area contributed by atoms with E-state index in [2.05, 4.69) is 0 Å². The summed E-state index contributed by atoms with van der Waals surface area (Å²) in [6.45, 7) is 0.450. The first-order chi connectivity index (χ1) is 7.43. The molecular formula is C11H11F4N. The van der Waals surface area contributed by atoms with Crippen molar-refractivity contribution in [2.45, 2.75) is 18.5 Å². The van der Waals surface area contributed by atoms with E-state index in [0.29, 0.717) is 18.2 Å². The molecule has 0 aromatic heterocycles. The minimum Gasteiger partial charge on any atom is -0.330 e. The Kier molecular flexibility index (Phi) is 2.66. The molecule has 1 aliphatic rings. The third-order valence-corrected chi connectivity index (χ3v) is 2.95. The molecule has 0 spiro atoms. The monoisotopic (exact) mass is 233 g/mol. The van der Waals surface area contributed by atoms with E-state index in [0.717, 1.165) is 12.5 Å². The van der Waals surface area contributed by atoms with Gasteiger partial charge in [0.05, 0.1) is 5.56 Å². The van der Waals surface area contributed by atoms with Gasteiger partial charge < -0.3 is 5.73 Å². The van der Waals surface area contributed by atoms with E-state index in [1.807, 2.05) is 0 Å². The average molecular weight is 233 g/mol. The molecule has 1 aliphatic carbocycles. The molecule has 1 aromatic carbocycles. The van der Waals surface area contributed by atoms with Crippen LogP contribution in [0.15, 0.2) is 18.2 Å². The van der Waals surface area contributed by atoms with E-state index in [4.69, 9.17) is 5.73 Å². The molecule has 2 unspecified atom stereocenters. The zero-order valence-electron chi connectivity index (χ0n) is 8.39. The number of alkyl halides is 3. The van der Waals surface area contributed by atoms with Gasteiger partial charge in [0.1, 0.15) is 5.82 Å². The van der Waals surface area contributed by atoms with Crippen LogP contribution in [0.2, 0.25) is 0 Å². The van der Waals surface area contributed by atoms with Crippen molar-refractivity contribution in [2.24, 2.45) is 11.7 Å². The zero-order valence-corrected chi connectivity index (χ0v) is 8.39. The quantitative estimate of drug-likeness (QED) is 0.781. The van der Waals surface area contributed by atoms with E-state index < -0.39 is 17.6 Å². The van der Waals surface area contributed by atoms with Crippen molar-refractivity contribution in [3.63, 3.8) is 0 Å². The van der Waals surface area contributed by atoms with Crippen LogP contribution in [-0.2, 0) is 6.18 Å². The highest BCUT2D eigenvalue weighted by Gasteiger charge is 2.39. The normalized spacial score (nSPS) is 24.6. The second-order valence-corrected chi connectivity index (χ2v) is 4.07. The van der Waals surface area contributed by atoms with Gasteiger partial charge in [-0.05, 0) is 42.5 Å². The van der Waals surface area contributed by atoms with Crippen LogP contribution in [0.5, 0.6) is 0 Å². The van der Waals surface area contributed by atoms with Crippen LogP contribution in [0.1, 0.15) is 23.5 Å². The van der Waals surface area contributed by atoms with Crippen LogP contribution in [0, 0.1) is 11.7 Å². The topological polar surface area (TPSA) is 26.0 Å². The molecule has 1 fully saturated rings. The van der Waals surface area contributed by atoms with Gasteiger partial charge >= 0.3 is 6.18 Å². The summed E-state index contributed by atoms with van der Waals surface area (Å²) in [5, 5.41) is 0. The second kappa shape index (κ2) is 3.73. The molecule has 1 saturated carbocycles. The molecule has 2 atom stereocenters. The minimum atomic E-state index is -4.49. The van der Waals surface area contributed by atoms with Gasteiger partial charge in [-0.15, -0.1) is 0 Å². The third-order valence-electron chi connectivity index (χ3n) is 2.95. The minimum absolute atomic E-state index is 0.00714. The second-order valence-electron chi connectivity index (χ2n) is 4.07. The summed E-state index contributed by atoms with van der Waals surface area (Å²) >= 11 is 0. The lowest BCUT2D eigenvalue weighted by molar-refractivity contribution is -0.137. The molecule has 2 rings (SSSR count). The SMILES string of the molecule is NCC1CC1c1ccc(C(F)(F)F)cc1F. The van der Waals surface area contributed by atoms with E-state index >= 15 is 0 Å². The molecule has 0 bridgehead atoms. The summed E-state index contributed by atoms with van der Waals surface area (Å²) in [7, 11) is 0. The molecule has 0 aliphatic heterocycles. The van der Waals surface area contributed by atoms with E-state index in [1.54, 1.807) is 0 Å². The first-order valence-electron chi connectivity index (χ1n) is 5.00. The van der Waals surface area contributed by atoms with Crippen molar-refractivity contribution in [1.82, 2.24) is 0 Å². The standard InChI is InChI=1S/C11H11F4N/c12-10-4-7(11(13,14)15)1-2-8(10)9-3-6(9)5-16/h1-2,4,6,9H,3,5,16H2. The predicted octanol–water partition coefficient (Wildman–Crippen LogP) is 2.91. The summed E-state index contributed by atoms with van der Waals surface area (Å²) in [4.78, 5) is 0. The van der Waals surface area contributed by atoms with Crippen LogP contribution in [0.3, 0.4) is 0 Å². The molecule has 88 valence electrons. The van der Waals surface area contributed by atoms with Crippen molar-refractivity contribution in [3.8, 4) is 0 Å². The van der Waals surface area contributed by atoms with Gasteiger partial charge in [-0.3, -0.25) is 0 Å². The maximum absolute atomic E-state index is 13.4. The lowest BCUT2D eigenvalue weighted by Crippen LogP contribution is -2.07. The fraction of sp³-hybridized carbons (Fsp3) is 0.455. The molecule has 0 saturated heterocycles. The molecule has 0 radical (unpaired) electrons. The molecule has 16 heavy (non-hydrogen) atoms. The number of nitrogens with two attached hydrogens (primary N) is 1. The van der Waals surface area contributed by atoms with Gasteiger partial charge in [-0.2, -0.15) is 13.2 Å². The first-order valence-corrected chi connectivity index (χ1v) is 5.00. The number of hydrogen-bond acceptors (Lipinski definition) is 1. The third kappa shape index (κ3) is 2.04. The Morgan fingerprint density at radius 2 is 2.00 bits per heavy atom. The highest BCUT2D eigenvalue weighted by molar-refractivity contribution is 5.32. The van der Waals surface area contributed by atoms with Crippen LogP contribution < -0.4 is 5.73 Å². The number of hydrogen-bond donors (Lipinski definition) is 1. The van der Waals surface area contributed by atoms with E-state index in [9.17, 15) is 17.6 Å². The molecule has 1 nitrogen and oxygen atoms in total. The zero-order chi connectivity index (χ0) is 11.9. The summed E-state index contributed by atoms with van der Waals surface area (Å²) in [5.74, 6) is -0.575. The van der Waals surface area contributed by atoms with Gasteiger partial charge in [0.15, 0.2) is 0 Å². The molecule has 5 heteroatoms. The highest BCUT2D eigenvalue weighted by atomic mass is 19.4. The fourth-order valence-electron chi connectivity index (χ4n) is 1.89. The molecular weight excluding hydrogens is 222 g/mol. The smallest absolute Gasteiger partial charge is 0.330 e. The predicted molar refractivity (Wildman–Crippen MR) is 51.3 cm³/mol. The van der Waals surface area contributed by atoms with Gasteiger partial charge in [-0.1, -0.05) is 6.07 Å². The van der Waals surface area contributed by atoms with Crippen LogP contribution >= 0.6 is 0 Å². The van der Waals surface area contributed by atoms with Crippen molar-refractivity contribution >= 4 is 0 Å².